The van der Waals surface area contributed by atoms with Gasteiger partial charge in [-0.15, -0.1) is 0 Å². The number of amides is 2. The van der Waals surface area contributed by atoms with E-state index in [1.54, 1.807) is 39.2 Å². The molecule has 30 heavy (non-hydrogen) atoms. The number of nitriles is 1. The normalized spacial score (nSPS) is 11.9. The molecule has 0 fully saturated rings. The predicted molar refractivity (Wildman–Crippen MR) is 114 cm³/mol. The van der Waals surface area contributed by atoms with Crippen molar-refractivity contribution in [3.8, 4) is 17.6 Å². The first-order valence-corrected chi connectivity index (χ1v) is 9.96. The number of hydrogen-bond acceptors (Lipinski definition) is 6. The molecule has 1 rings (SSSR count). The number of benzene rings is 1. The molecule has 0 saturated heterocycles. The van der Waals surface area contributed by atoms with Crippen LogP contribution < -0.4 is 14.8 Å². The predicted octanol–water partition coefficient (Wildman–Crippen LogP) is 2.39. The zero-order valence-electron chi connectivity index (χ0n) is 18.4. The summed E-state index contributed by atoms with van der Waals surface area (Å²) in [5, 5.41) is 12.1. The molecule has 0 aliphatic carbocycles. The Kier molecular flexibility index (Phi) is 11.0. The highest BCUT2D eigenvalue weighted by molar-refractivity contribution is 6.01. The quantitative estimate of drug-likeness (QED) is 0.318. The lowest BCUT2D eigenvalue weighted by Gasteiger charge is -2.20. The van der Waals surface area contributed by atoms with Crippen LogP contribution in [0.3, 0.4) is 0 Å². The zero-order chi connectivity index (χ0) is 22.5. The van der Waals surface area contributed by atoms with Gasteiger partial charge in [-0.25, -0.2) is 0 Å². The molecule has 2 amide bonds. The van der Waals surface area contributed by atoms with Gasteiger partial charge in [0.1, 0.15) is 11.6 Å². The molecule has 0 saturated carbocycles. The third-order valence-electron chi connectivity index (χ3n) is 3.99. The lowest BCUT2D eigenvalue weighted by atomic mass is 10.1. The summed E-state index contributed by atoms with van der Waals surface area (Å²) in [7, 11) is 3.32. The molecule has 0 aliphatic heterocycles. The van der Waals surface area contributed by atoms with E-state index in [-0.39, 0.29) is 11.5 Å². The third kappa shape index (κ3) is 8.13. The fraction of sp³-hybridized carbons (Fsp3) is 0.500. The van der Waals surface area contributed by atoms with Crippen molar-refractivity contribution in [2.45, 2.75) is 33.3 Å². The highest BCUT2D eigenvalue weighted by Crippen LogP contribution is 2.30. The summed E-state index contributed by atoms with van der Waals surface area (Å²) < 4.78 is 16.6. The number of carbonyl (C=O) groups is 2. The van der Waals surface area contributed by atoms with Gasteiger partial charge in [0.25, 0.3) is 11.8 Å². The smallest absolute Gasteiger partial charge is 0.262 e. The number of nitrogens with zero attached hydrogens (tertiary/aromatic N) is 2. The van der Waals surface area contributed by atoms with Gasteiger partial charge in [-0.05, 0) is 51.0 Å². The molecule has 1 atom stereocenters. The van der Waals surface area contributed by atoms with Crippen LogP contribution in [0, 0.1) is 11.3 Å². The van der Waals surface area contributed by atoms with Crippen molar-refractivity contribution in [3.63, 3.8) is 0 Å². The highest BCUT2D eigenvalue weighted by Gasteiger charge is 2.19. The lowest BCUT2D eigenvalue weighted by Crippen LogP contribution is -2.35. The van der Waals surface area contributed by atoms with Crippen LogP contribution in [-0.2, 0) is 14.3 Å². The van der Waals surface area contributed by atoms with E-state index in [2.05, 4.69) is 5.32 Å². The van der Waals surface area contributed by atoms with Crippen LogP contribution in [-0.4, -0.2) is 63.3 Å². The minimum atomic E-state index is -0.683. The van der Waals surface area contributed by atoms with Crippen molar-refractivity contribution < 1.29 is 23.8 Å². The van der Waals surface area contributed by atoms with E-state index in [9.17, 15) is 14.9 Å². The van der Waals surface area contributed by atoms with Crippen LogP contribution in [0.25, 0.3) is 6.08 Å². The van der Waals surface area contributed by atoms with E-state index in [4.69, 9.17) is 14.2 Å². The number of ether oxygens (including phenoxy) is 3. The minimum absolute atomic E-state index is 0.0151. The average molecular weight is 418 g/mol. The minimum Gasteiger partial charge on any atom is -0.490 e. The van der Waals surface area contributed by atoms with Crippen LogP contribution in [0.2, 0.25) is 0 Å². The molecular formula is C22H31N3O5. The van der Waals surface area contributed by atoms with Crippen LogP contribution >= 0.6 is 0 Å². The van der Waals surface area contributed by atoms with E-state index in [1.807, 2.05) is 19.9 Å². The second kappa shape index (κ2) is 13.2. The summed E-state index contributed by atoms with van der Waals surface area (Å²) in [5.74, 6) is 0.223. The molecule has 1 aromatic rings. The summed E-state index contributed by atoms with van der Waals surface area (Å²) in [5.41, 5.74) is 0.595. The summed E-state index contributed by atoms with van der Waals surface area (Å²) >= 11 is 0. The monoisotopic (exact) mass is 417 g/mol. The van der Waals surface area contributed by atoms with Gasteiger partial charge in [0.15, 0.2) is 17.6 Å². The fourth-order valence-corrected chi connectivity index (χ4v) is 2.52. The van der Waals surface area contributed by atoms with Crippen molar-refractivity contribution in [1.82, 2.24) is 10.2 Å². The van der Waals surface area contributed by atoms with Crippen LogP contribution in [0.15, 0.2) is 23.8 Å². The summed E-state index contributed by atoms with van der Waals surface area (Å²) in [4.78, 5) is 25.7. The molecule has 8 heteroatoms. The van der Waals surface area contributed by atoms with E-state index < -0.39 is 12.0 Å². The summed E-state index contributed by atoms with van der Waals surface area (Å²) in [6.45, 7) is 7.39. The molecule has 164 valence electrons. The topological polar surface area (TPSA) is 101 Å². The molecule has 0 bridgehead atoms. The molecule has 1 N–H and O–H groups in total. The zero-order valence-corrected chi connectivity index (χ0v) is 18.4. The Balaban J connectivity index is 2.94. The van der Waals surface area contributed by atoms with E-state index in [0.717, 1.165) is 0 Å². The molecule has 0 aliphatic rings. The molecular weight excluding hydrogens is 386 g/mol. The maximum absolute atomic E-state index is 12.2. The first-order chi connectivity index (χ1) is 14.3. The summed E-state index contributed by atoms with van der Waals surface area (Å²) in [6.07, 6.45) is 1.47. The van der Waals surface area contributed by atoms with E-state index in [1.165, 1.54) is 11.0 Å². The van der Waals surface area contributed by atoms with Crippen molar-refractivity contribution in [3.05, 3.63) is 29.3 Å². The molecule has 0 unspecified atom stereocenters. The van der Waals surface area contributed by atoms with Gasteiger partial charge in [-0.3, -0.25) is 9.59 Å². The Hall–Kier alpha value is -3.05. The molecule has 0 heterocycles. The van der Waals surface area contributed by atoms with Crippen molar-refractivity contribution in [1.29, 1.82) is 5.26 Å². The van der Waals surface area contributed by atoms with Gasteiger partial charge >= 0.3 is 0 Å². The number of rotatable bonds is 12. The largest absolute Gasteiger partial charge is 0.490 e. The van der Waals surface area contributed by atoms with Crippen LogP contribution in [0.5, 0.6) is 11.5 Å². The van der Waals surface area contributed by atoms with Gasteiger partial charge in [0.2, 0.25) is 0 Å². The fourth-order valence-electron chi connectivity index (χ4n) is 2.52. The van der Waals surface area contributed by atoms with Crippen molar-refractivity contribution >= 4 is 17.9 Å². The number of likely N-dealkylation sites (N-methyl/N-ethyl adjacent to an activating group) is 1. The van der Waals surface area contributed by atoms with Gasteiger partial charge in [-0.1, -0.05) is 6.07 Å². The molecule has 0 spiro atoms. The van der Waals surface area contributed by atoms with Gasteiger partial charge in [0, 0.05) is 33.9 Å². The Morgan fingerprint density at radius 1 is 1.23 bits per heavy atom. The van der Waals surface area contributed by atoms with E-state index in [0.29, 0.717) is 49.8 Å². The average Bonchev–Trinajstić information content (AvgIpc) is 2.72. The second-order valence-corrected chi connectivity index (χ2v) is 6.61. The molecule has 0 aromatic heterocycles. The maximum atomic E-state index is 12.2. The Morgan fingerprint density at radius 2 is 1.97 bits per heavy atom. The number of carbonyl (C=O) groups excluding carboxylic acids is 2. The molecule has 8 nitrogen and oxygen atoms in total. The van der Waals surface area contributed by atoms with Crippen LogP contribution in [0.4, 0.5) is 0 Å². The lowest BCUT2D eigenvalue weighted by molar-refractivity contribution is -0.135. The SMILES string of the molecule is CCOCCCNC(=O)/C(C#N)=C/c1ccc(O[C@@H](C)C(=O)N(C)C)c(OCC)c1. The second-order valence-electron chi connectivity index (χ2n) is 6.61. The number of hydrogen-bond donors (Lipinski definition) is 1. The van der Waals surface area contributed by atoms with Gasteiger partial charge in [0.05, 0.1) is 6.61 Å². The van der Waals surface area contributed by atoms with Gasteiger partial charge < -0.3 is 24.4 Å². The number of nitrogens with one attached hydrogen (secondary N) is 1. The maximum Gasteiger partial charge on any atom is 0.262 e. The van der Waals surface area contributed by atoms with Gasteiger partial charge in [-0.2, -0.15) is 5.26 Å². The Bertz CT molecular complexity index is 783. The molecule has 1 aromatic carbocycles. The third-order valence-corrected chi connectivity index (χ3v) is 3.99. The standard InChI is InChI=1S/C22H31N3O5/c1-6-28-12-8-11-24-21(26)18(15-23)13-17-9-10-19(20(14-17)29-7-2)30-16(3)22(27)25(4)5/h9-10,13-14,16H,6-8,11-12H2,1-5H3,(H,24,26)/b18-13+/t16-/m0/s1. The Morgan fingerprint density at radius 3 is 2.57 bits per heavy atom. The molecule has 0 radical (unpaired) electrons. The van der Waals surface area contributed by atoms with Crippen molar-refractivity contribution in [2.24, 2.45) is 0 Å². The first-order valence-electron chi connectivity index (χ1n) is 9.96. The highest BCUT2D eigenvalue weighted by atomic mass is 16.5. The first kappa shape index (κ1) is 25.0. The van der Waals surface area contributed by atoms with Crippen molar-refractivity contribution in [2.75, 3.05) is 40.5 Å². The van der Waals surface area contributed by atoms with Crippen LogP contribution in [0.1, 0.15) is 32.8 Å². The van der Waals surface area contributed by atoms with E-state index >= 15 is 0 Å². The summed E-state index contributed by atoms with van der Waals surface area (Å²) in [6, 6.07) is 6.95. The Labute approximate surface area is 178 Å².